The zero-order chi connectivity index (χ0) is 13.2. The molecule has 1 fully saturated rings. The van der Waals surface area contributed by atoms with Crippen LogP contribution in [0.3, 0.4) is 0 Å². The maximum Gasteiger partial charge on any atom is 0.224 e. The van der Waals surface area contributed by atoms with Crippen molar-refractivity contribution in [3.63, 3.8) is 0 Å². The molecule has 1 atom stereocenters. The van der Waals surface area contributed by atoms with Gasteiger partial charge in [-0.25, -0.2) is 0 Å². The average molecular weight is 254 g/mol. The molecule has 0 aliphatic carbocycles. The number of amides is 2. The number of rotatable bonds is 8. The zero-order valence-electron chi connectivity index (χ0n) is 11.5. The number of nitrogens with one attached hydrogen (secondary N) is 2. The molecule has 1 heterocycles. The maximum absolute atomic E-state index is 11.8. The van der Waals surface area contributed by atoms with Gasteiger partial charge in [0.25, 0.3) is 0 Å². The summed E-state index contributed by atoms with van der Waals surface area (Å²) >= 11 is 0. The highest BCUT2D eigenvalue weighted by molar-refractivity contribution is 5.83. The Morgan fingerprint density at radius 3 is 2.67 bits per heavy atom. The van der Waals surface area contributed by atoms with Crippen LogP contribution in [0.15, 0.2) is 0 Å². The van der Waals surface area contributed by atoms with Crippen LogP contribution in [0.5, 0.6) is 0 Å². The first-order valence-corrected chi connectivity index (χ1v) is 7.28. The molecule has 0 spiro atoms. The van der Waals surface area contributed by atoms with E-state index in [1.54, 1.807) is 0 Å². The SMILES string of the molecule is CCCCCCCCNC(=O)C1CCC(=O)NC1. The van der Waals surface area contributed by atoms with Crippen molar-refractivity contribution in [2.24, 2.45) is 5.92 Å². The molecule has 0 aromatic carbocycles. The van der Waals surface area contributed by atoms with Crippen LogP contribution in [-0.4, -0.2) is 24.9 Å². The van der Waals surface area contributed by atoms with E-state index < -0.39 is 0 Å². The van der Waals surface area contributed by atoms with Crippen molar-refractivity contribution >= 4 is 11.8 Å². The standard InChI is InChI=1S/C14H26N2O2/c1-2-3-4-5-6-7-10-15-14(18)12-8-9-13(17)16-11-12/h12H,2-11H2,1H3,(H,15,18)(H,16,17). The van der Waals surface area contributed by atoms with Gasteiger partial charge >= 0.3 is 0 Å². The van der Waals surface area contributed by atoms with Crippen LogP contribution in [0, 0.1) is 5.92 Å². The lowest BCUT2D eigenvalue weighted by Gasteiger charge is -2.21. The highest BCUT2D eigenvalue weighted by atomic mass is 16.2. The predicted octanol–water partition coefficient (Wildman–Crippen LogP) is 1.99. The van der Waals surface area contributed by atoms with E-state index in [9.17, 15) is 9.59 Å². The number of hydrogen-bond acceptors (Lipinski definition) is 2. The van der Waals surface area contributed by atoms with Crippen LogP contribution < -0.4 is 10.6 Å². The topological polar surface area (TPSA) is 58.2 Å². The lowest BCUT2D eigenvalue weighted by atomic mass is 9.98. The number of piperidine rings is 1. The predicted molar refractivity (Wildman–Crippen MR) is 72.1 cm³/mol. The van der Waals surface area contributed by atoms with E-state index >= 15 is 0 Å². The second kappa shape index (κ2) is 8.95. The average Bonchev–Trinajstić information content (AvgIpc) is 2.38. The minimum absolute atomic E-state index is 0.0252. The van der Waals surface area contributed by atoms with Crippen LogP contribution in [-0.2, 0) is 9.59 Å². The van der Waals surface area contributed by atoms with Crippen LogP contribution in [0.4, 0.5) is 0 Å². The summed E-state index contributed by atoms with van der Waals surface area (Å²) in [6.45, 7) is 3.49. The van der Waals surface area contributed by atoms with Gasteiger partial charge in [-0.15, -0.1) is 0 Å². The Bertz CT molecular complexity index is 257. The Kier molecular flexibility index (Phi) is 7.46. The summed E-state index contributed by atoms with van der Waals surface area (Å²) < 4.78 is 0. The highest BCUT2D eigenvalue weighted by Gasteiger charge is 2.23. The van der Waals surface area contributed by atoms with E-state index in [0.717, 1.165) is 13.0 Å². The van der Waals surface area contributed by atoms with Gasteiger partial charge < -0.3 is 10.6 Å². The summed E-state index contributed by atoms with van der Waals surface area (Å²) in [4.78, 5) is 22.8. The molecule has 0 bridgehead atoms. The van der Waals surface area contributed by atoms with Crippen molar-refractivity contribution < 1.29 is 9.59 Å². The van der Waals surface area contributed by atoms with Gasteiger partial charge in [-0.1, -0.05) is 39.0 Å². The van der Waals surface area contributed by atoms with E-state index in [4.69, 9.17) is 0 Å². The van der Waals surface area contributed by atoms with E-state index in [1.165, 1.54) is 32.1 Å². The summed E-state index contributed by atoms with van der Waals surface area (Å²) in [6, 6.07) is 0. The molecule has 1 unspecified atom stereocenters. The summed E-state index contributed by atoms with van der Waals surface area (Å²) in [5, 5.41) is 5.71. The quantitative estimate of drug-likeness (QED) is 0.651. The second-order valence-corrected chi connectivity index (χ2v) is 5.10. The summed E-state index contributed by atoms with van der Waals surface area (Å²) in [6.07, 6.45) is 8.58. The molecule has 18 heavy (non-hydrogen) atoms. The van der Waals surface area contributed by atoms with E-state index in [2.05, 4.69) is 17.6 Å². The van der Waals surface area contributed by atoms with Gasteiger partial charge in [0.2, 0.25) is 11.8 Å². The lowest BCUT2D eigenvalue weighted by molar-refractivity contribution is -0.128. The molecule has 1 aliphatic rings. The molecular weight excluding hydrogens is 228 g/mol. The third kappa shape index (κ3) is 6.03. The molecule has 4 heteroatoms. The number of hydrogen-bond donors (Lipinski definition) is 2. The van der Waals surface area contributed by atoms with Gasteiger partial charge in [-0.3, -0.25) is 9.59 Å². The Labute approximate surface area is 110 Å². The van der Waals surface area contributed by atoms with Crippen LogP contribution in [0.1, 0.15) is 58.3 Å². The second-order valence-electron chi connectivity index (χ2n) is 5.10. The fourth-order valence-electron chi connectivity index (χ4n) is 2.22. The third-order valence-corrected chi connectivity index (χ3v) is 3.47. The fraction of sp³-hybridized carbons (Fsp3) is 0.857. The van der Waals surface area contributed by atoms with E-state index in [1.807, 2.05) is 0 Å². The number of carbonyl (C=O) groups excluding carboxylic acids is 2. The van der Waals surface area contributed by atoms with Gasteiger partial charge in [-0.2, -0.15) is 0 Å². The highest BCUT2D eigenvalue weighted by Crippen LogP contribution is 2.10. The summed E-state index contributed by atoms with van der Waals surface area (Å²) in [7, 11) is 0. The van der Waals surface area contributed by atoms with Gasteiger partial charge in [0, 0.05) is 19.5 Å². The van der Waals surface area contributed by atoms with Crippen molar-refractivity contribution in [1.82, 2.24) is 10.6 Å². The van der Waals surface area contributed by atoms with Gasteiger partial charge in [-0.05, 0) is 12.8 Å². The first kappa shape index (κ1) is 15.0. The largest absolute Gasteiger partial charge is 0.356 e. The van der Waals surface area contributed by atoms with Crippen LogP contribution in [0.25, 0.3) is 0 Å². The Morgan fingerprint density at radius 2 is 2.00 bits per heavy atom. The van der Waals surface area contributed by atoms with Gasteiger partial charge in [0.05, 0.1) is 5.92 Å². The lowest BCUT2D eigenvalue weighted by Crippen LogP contribution is -2.43. The molecule has 1 saturated heterocycles. The minimum Gasteiger partial charge on any atom is -0.356 e. The molecular formula is C14H26N2O2. The van der Waals surface area contributed by atoms with Crippen molar-refractivity contribution in [3.05, 3.63) is 0 Å². The van der Waals surface area contributed by atoms with Crippen molar-refractivity contribution in [1.29, 1.82) is 0 Å². The zero-order valence-corrected chi connectivity index (χ0v) is 11.5. The smallest absolute Gasteiger partial charge is 0.224 e. The Hall–Kier alpha value is -1.06. The molecule has 104 valence electrons. The molecule has 1 aliphatic heterocycles. The molecule has 0 aromatic heterocycles. The summed E-state index contributed by atoms with van der Waals surface area (Å²) in [5.74, 6) is 0.140. The Balaban J connectivity index is 1.98. The molecule has 0 saturated carbocycles. The maximum atomic E-state index is 11.8. The molecule has 4 nitrogen and oxygen atoms in total. The molecule has 1 rings (SSSR count). The van der Waals surface area contributed by atoms with Crippen LogP contribution >= 0.6 is 0 Å². The number of unbranched alkanes of at least 4 members (excludes halogenated alkanes) is 5. The normalized spacial score (nSPS) is 19.4. The fourth-order valence-corrected chi connectivity index (χ4v) is 2.22. The number of carbonyl (C=O) groups is 2. The first-order valence-electron chi connectivity index (χ1n) is 7.28. The third-order valence-electron chi connectivity index (χ3n) is 3.47. The van der Waals surface area contributed by atoms with E-state index in [-0.39, 0.29) is 17.7 Å². The summed E-state index contributed by atoms with van der Waals surface area (Å²) in [5.41, 5.74) is 0. The van der Waals surface area contributed by atoms with Crippen molar-refractivity contribution in [2.75, 3.05) is 13.1 Å². The molecule has 0 aromatic rings. The van der Waals surface area contributed by atoms with Gasteiger partial charge in [0.1, 0.15) is 0 Å². The van der Waals surface area contributed by atoms with Gasteiger partial charge in [0.15, 0.2) is 0 Å². The van der Waals surface area contributed by atoms with Crippen LogP contribution in [0.2, 0.25) is 0 Å². The molecule has 2 N–H and O–H groups in total. The van der Waals surface area contributed by atoms with Crippen molar-refractivity contribution in [2.45, 2.75) is 58.3 Å². The van der Waals surface area contributed by atoms with E-state index in [0.29, 0.717) is 19.4 Å². The monoisotopic (exact) mass is 254 g/mol. The minimum atomic E-state index is -0.0252. The first-order chi connectivity index (χ1) is 8.74. The molecule has 0 radical (unpaired) electrons. The molecule has 2 amide bonds. The Morgan fingerprint density at radius 1 is 1.28 bits per heavy atom. The van der Waals surface area contributed by atoms with Crippen molar-refractivity contribution in [3.8, 4) is 0 Å².